The molecular formula is C8H17NO2. The van der Waals surface area contributed by atoms with E-state index in [0.717, 1.165) is 6.42 Å². The number of hydrogen-bond donors (Lipinski definition) is 1. The third-order valence-electron chi connectivity index (χ3n) is 1.66. The number of rotatable bonds is 4. The molecule has 0 rings (SSSR count). The lowest BCUT2D eigenvalue weighted by molar-refractivity contribution is -0.148. The molecule has 0 saturated carbocycles. The predicted octanol–water partition coefficient (Wildman–Crippen LogP) is 0.923. The SMILES string of the molecule is CCOC(=O)[C@H](CC)[C@H](C)N. The van der Waals surface area contributed by atoms with Crippen molar-refractivity contribution in [2.75, 3.05) is 6.61 Å². The molecule has 0 amide bonds. The third kappa shape index (κ3) is 3.37. The van der Waals surface area contributed by atoms with Crippen LogP contribution >= 0.6 is 0 Å². The molecule has 66 valence electrons. The zero-order chi connectivity index (χ0) is 8.85. The van der Waals surface area contributed by atoms with Gasteiger partial charge in [-0.1, -0.05) is 6.92 Å². The molecule has 0 saturated heterocycles. The molecule has 0 aliphatic rings. The van der Waals surface area contributed by atoms with Crippen molar-refractivity contribution in [1.29, 1.82) is 0 Å². The van der Waals surface area contributed by atoms with Crippen molar-refractivity contribution in [3.63, 3.8) is 0 Å². The molecule has 3 heteroatoms. The van der Waals surface area contributed by atoms with Gasteiger partial charge in [0.2, 0.25) is 0 Å². The Bertz CT molecular complexity index is 123. The van der Waals surface area contributed by atoms with Crippen LogP contribution in [0, 0.1) is 5.92 Å². The quantitative estimate of drug-likeness (QED) is 0.621. The normalized spacial score (nSPS) is 15.6. The van der Waals surface area contributed by atoms with Gasteiger partial charge in [0.1, 0.15) is 0 Å². The summed E-state index contributed by atoms with van der Waals surface area (Å²) in [5.41, 5.74) is 5.58. The molecule has 0 aliphatic heterocycles. The van der Waals surface area contributed by atoms with Crippen molar-refractivity contribution in [1.82, 2.24) is 0 Å². The fourth-order valence-electron chi connectivity index (χ4n) is 1.00. The van der Waals surface area contributed by atoms with Gasteiger partial charge in [-0.25, -0.2) is 0 Å². The van der Waals surface area contributed by atoms with Crippen LogP contribution in [0.5, 0.6) is 0 Å². The van der Waals surface area contributed by atoms with Crippen LogP contribution in [0.1, 0.15) is 27.2 Å². The molecule has 0 fully saturated rings. The van der Waals surface area contributed by atoms with Crippen molar-refractivity contribution in [2.45, 2.75) is 33.2 Å². The van der Waals surface area contributed by atoms with Gasteiger partial charge in [-0.15, -0.1) is 0 Å². The van der Waals surface area contributed by atoms with Crippen LogP contribution in [0.25, 0.3) is 0 Å². The summed E-state index contributed by atoms with van der Waals surface area (Å²) in [5, 5.41) is 0. The highest BCUT2D eigenvalue weighted by atomic mass is 16.5. The molecule has 0 heterocycles. The molecule has 0 aromatic heterocycles. The fourth-order valence-corrected chi connectivity index (χ4v) is 1.00. The van der Waals surface area contributed by atoms with E-state index in [2.05, 4.69) is 0 Å². The van der Waals surface area contributed by atoms with Crippen molar-refractivity contribution in [3.05, 3.63) is 0 Å². The van der Waals surface area contributed by atoms with E-state index in [1.807, 2.05) is 13.8 Å². The highest BCUT2D eigenvalue weighted by Gasteiger charge is 2.21. The number of hydrogen-bond acceptors (Lipinski definition) is 3. The highest BCUT2D eigenvalue weighted by molar-refractivity contribution is 5.73. The molecule has 0 aromatic carbocycles. The van der Waals surface area contributed by atoms with Gasteiger partial charge in [0, 0.05) is 6.04 Å². The first-order valence-electron chi connectivity index (χ1n) is 4.05. The first-order chi connectivity index (χ1) is 5.13. The molecule has 2 N–H and O–H groups in total. The molecule has 2 atom stereocenters. The van der Waals surface area contributed by atoms with E-state index in [1.54, 1.807) is 6.92 Å². The van der Waals surface area contributed by atoms with Gasteiger partial charge in [-0.05, 0) is 20.3 Å². The molecule has 0 spiro atoms. The van der Waals surface area contributed by atoms with Crippen molar-refractivity contribution in [2.24, 2.45) is 11.7 Å². The Morgan fingerprint density at radius 1 is 1.55 bits per heavy atom. The van der Waals surface area contributed by atoms with Gasteiger partial charge in [0.05, 0.1) is 12.5 Å². The third-order valence-corrected chi connectivity index (χ3v) is 1.66. The maximum absolute atomic E-state index is 11.1. The van der Waals surface area contributed by atoms with Crippen LogP contribution in [0.3, 0.4) is 0 Å². The smallest absolute Gasteiger partial charge is 0.310 e. The number of ether oxygens (including phenoxy) is 1. The number of esters is 1. The van der Waals surface area contributed by atoms with E-state index in [1.165, 1.54) is 0 Å². The zero-order valence-electron chi connectivity index (χ0n) is 7.46. The van der Waals surface area contributed by atoms with Gasteiger partial charge in [-0.3, -0.25) is 4.79 Å². The summed E-state index contributed by atoms with van der Waals surface area (Å²) in [6.45, 7) is 5.99. The first kappa shape index (κ1) is 10.4. The average Bonchev–Trinajstić information content (AvgIpc) is 1.88. The monoisotopic (exact) mass is 159 g/mol. The Hall–Kier alpha value is -0.570. The lowest BCUT2D eigenvalue weighted by atomic mass is 10.00. The molecule has 0 bridgehead atoms. The number of carbonyl (C=O) groups excluding carboxylic acids is 1. The molecule has 0 aromatic rings. The van der Waals surface area contributed by atoms with Crippen molar-refractivity contribution < 1.29 is 9.53 Å². The Morgan fingerprint density at radius 3 is 2.36 bits per heavy atom. The summed E-state index contributed by atoms with van der Waals surface area (Å²) < 4.78 is 4.84. The number of carbonyl (C=O) groups is 1. The Labute approximate surface area is 67.9 Å². The largest absolute Gasteiger partial charge is 0.466 e. The molecule has 3 nitrogen and oxygen atoms in total. The van der Waals surface area contributed by atoms with Crippen LogP contribution in [-0.4, -0.2) is 18.6 Å². The van der Waals surface area contributed by atoms with Crippen LogP contribution in [-0.2, 0) is 9.53 Å². The van der Waals surface area contributed by atoms with E-state index < -0.39 is 0 Å². The van der Waals surface area contributed by atoms with E-state index >= 15 is 0 Å². The molecule has 11 heavy (non-hydrogen) atoms. The van der Waals surface area contributed by atoms with E-state index in [-0.39, 0.29) is 17.9 Å². The van der Waals surface area contributed by atoms with Crippen LogP contribution in [0.15, 0.2) is 0 Å². The lowest BCUT2D eigenvalue weighted by Gasteiger charge is -2.16. The van der Waals surface area contributed by atoms with Gasteiger partial charge >= 0.3 is 5.97 Å². The summed E-state index contributed by atoms with van der Waals surface area (Å²) in [6.07, 6.45) is 0.747. The molecule has 0 radical (unpaired) electrons. The molecule has 0 aliphatic carbocycles. The predicted molar refractivity (Wildman–Crippen MR) is 44.1 cm³/mol. The second-order valence-corrected chi connectivity index (χ2v) is 2.63. The summed E-state index contributed by atoms with van der Waals surface area (Å²) in [7, 11) is 0. The Balaban J connectivity index is 3.92. The summed E-state index contributed by atoms with van der Waals surface area (Å²) in [5.74, 6) is -0.319. The minimum Gasteiger partial charge on any atom is -0.466 e. The fraction of sp³-hybridized carbons (Fsp3) is 0.875. The second-order valence-electron chi connectivity index (χ2n) is 2.63. The molecule has 0 unspecified atom stereocenters. The maximum atomic E-state index is 11.1. The van der Waals surface area contributed by atoms with Gasteiger partial charge < -0.3 is 10.5 Å². The van der Waals surface area contributed by atoms with Crippen LogP contribution < -0.4 is 5.73 Å². The second kappa shape index (κ2) is 5.13. The topological polar surface area (TPSA) is 52.3 Å². The highest BCUT2D eigenvalue weighted by Crippen LogP contribution is 2.08. The minimum absolute atomic E-state index is 0.112. The summed E-state index contributed by atoms with van der Waals surface area (Å²) in [4.78, 5) is 11.1. The standard InChI is InChI=1S/C8H17NO2/c1-4-7(6(3)9)8(10)11-5-2/h6-7H,4-5,9H2,1-3H3/t6-,7+/m0/s1. The minimum atomic E-state index is -0.176. The van der Waals surface area contributed by atoms with E-state index in [4.69, 9.17) is 10.5 Å². The average molecular weight is 159 g/mol. The van der Waals surface area contributed by atoms with Crippen LogP contribution in [0.4, 0.5) is 0 Å². The Morgan fingerprint density at radius 2 is 2.09 bits per heavy atom. The van der Waals surface area contributed by atoms with Gasteiger partial charge in [0.15, 0.2) is 0 Å². The van der Waals surface area contributed by atoms with Crippen molar-refractivity contribution in [3.8, 4) is 0 Å². The van der Waals surface area contributed by atoms with Gasteiger partial charge in [-0.2, -0.15) is 0 Å². The van der Waals surface area contributed by atoms with Crippen LogP contribution in [0.2, 0.25) is 0 Å². The maximum Gasteiger partial charge on any atom is 0.310 e. The zero-order valence-corrected chi connectivity index (χ0v) is 7.46. The first-order valence-corrected chi connectivity index (χ1v) is 4.05. The summed E-state index contributed by atoms with van der Waals surface area (Å²) in [6, 6.07) is -0.112. The van der Waals surface area contributed by atoms with Gasteiger partial charge in [0.25, 0.3) is 0 Å². The lowest BCUT2D eigenvalue weighted by Crippen LogP contribution is -2.33. The van der Waals surface area contributed by atoms with Crippen molar-refractivity contribution >= 4 is 5.97 Å². The molecular weight excluding hydrogens is 142 g/mol. The number of nitrogens with two attached hydrogens (primary N) is 1. The summed E-state index contributed by atoms with van der Waals surface area (Å²) >= 11 is 0. The Kier molecular flexibility index (Phi) is 4.86. The van der Waals surface area contributed by atoms with E-state index in [9.17, 15) is 4.79 Å². The van der Waals surface area contributed by atoms with E-state index in [0.29, 0.717) is 6.61 Å².